The maximum Gasteiger partial charge on any atom is 0.240 e. The molecular weight excluding hydrogens is 302 g/mol. The number of aryl methyl sites for hydroxylation is 1. The number of carbonyl (C=O) groups excluding carboxylic acids is 2. The van der Waals surface area contributed by atoms with Crippen LogP contribution < -0.4 is 9.64 Å². The number of hydrogen-bond acceptors (Lipinski definition) is 3. The van der Waals surface area contributed by atoms with E-state index in [0.717, 1.165) is 5.56 Å². The number of carbonyl (C=O) groups is 2. The smallest absolute Gasteiger partial charge is 0.240 e. The van der Waals surface area contributed by atoms with Gasteiger partial charge in [-0.05, 0) is 38.0 Å². The molecule has 0 radical (unpaired) electrons. The van der Waals surface area contributed by atoms with E-state index in [4.69, 9.17) is 4.74 Å². The molecule has 0 spiro atoms. The number of ether oxygens (including phenoxy) is 1. The third kappa shape index (κ3) is 2.48. The van der Waals surface area contributed by atoms with Gasteiger partial charge < -0.3 is 9.64 Å². The van der Waals surface area contributed by atoms with E-state index >= 15 is 0 Å². The molecule has 0 saturated carbocycles. The molecule has 3 rings (SSSR count). The first-order chi connectivity index (χ1) is 11.5. The van der Waals surface area contributed by atoms with Crippen LogP contribution in [0.15, 0.2) is 48.5 Å². The van der Waals surface area contributed by atoms with Crippen molar-refractivity contribution in [1.29, 1.82) is 0 Å². The van der Waals surface area contributed by atoms with Crippen LogP contribution in [0.2, 0.25) is 0 Å². The molecule has 1 amide bonds. The van der Waals surface area contributed by atoms with Gasteiger partial charge in [0.1, 0.15) is 11.2 Å². The van der Waals surface area contributed by atoms with E-state index in [2.05, 4.69) is 0 Å². The fraction of sp³-hybridized carbons (Fsp3) is 0.300. The van der Waals surface area contributed by atoms with Crippen LogP contribution in [0.25, 0.3) is 0 Å². The lowest BCUT2D eigenvalue weighted by Gasteiger charge is -2.24. The Morgan fingerprint density at radius 1 is 1.12 bits per heavy atom. The second kappa shape index (κ2) is 6.11. The van der Waals surface area contributed by atoms with Gasteiger partial charge in [0, 0.05) is 12.1 Å². The summed E-state index contributed by atoms with van der Waals surface area (Å²) in [6.45, 7) is 4.15. The Morgan fingerprint density at radius 3 is 2.50 bits per heavy atom. The lowest BCUT2D eigenvalue weighted by atomic mass is 9.79. The molecule has 4 nitrogen and oxygen atoms in total. The monoisotopic (exact) mass is 323 g/mol. The summed E-state index contributed by atoms with van der Waals surface area (Å²) in [5.41, 5.74) is 1.20. The van der Waals surface area contributed by atoms with Gasteiger partial charge in [0.05, 0.1) is 12.8 Å². The second-order valence-electron chi connectivity index (χ2n) is 6.35. The quantitative estimate of drug-likeness (QED) is 0.637. The Hall–Kier alpha value is -2.62. The van der Waals surface area contributed by atoms with Crippen LogP contribution in [0.1, 0.15) is 29.3 Å². The van der Waals surface area contributed by atoms with E-state index in [9.17, 15) is 9.59 Å². The van der Waals surface area contributed by atoms with Crippen LogP contribution in [-0.2, 0) is 4.79 Å². The van der Waals surface area contributed by atoms with Gasteiger partial charge in [-0.2, -0.15) is 0 Å². The van der Waals surface area contributed by atoms with Crippen molar-refractivity contribution >= 4 is 17.4 Å². The van der Waals surface area contributed by atoms with E-state index in [1.54, 1.807) is 25.0 Å². The van der Waals surface area contributed by atoms with Gasteiger partial charge in [-0.1, -0.05) is 36.4 Å². The zero-order chi connectivity index (χ0) is 17.3. The maximum atomic E-state index is 13.1. The number of ketones is 1. The van der Waals surface area contributed by atoms with Crippen molar-refractivity contribution in [2.45, 2.75) is 20.3 Å². The number of methoxy groups -OCH3 is 1. The summed E-state index contributed by atoms with van der Waals surface area (Å²) in [7, 11) is 1.58. The third-order valence-electron chi connectivity index (χ3n) is 4.82. The Labute approximate surface area is 142 Å². The van der Waals surface area contributed by atoms with Gasteiger partial charge in [0.2, 0.25) is 5.91 Å². The average molecular weight is 323 g/mol. The van der Waals surface area contributed by atoms with Gasteiger partial charge in [-0.15, -0.1) is 0 Å². The second-order valence-corrected chi connectivity index (χ2v) is 6.35. The highest BCUT2D eigenvalue weighted by molar-refractivity contribution is 6.19. The summed E-state index contributed by atoms with van der Waals surface area (Å²) in [4.78, 5) is 27.8. The summed E-state index contributed by atoms with van der Waals surface area (Å²) >= 11 is 0. The molecule has 1 fully saturated rings. The minimum Gasteiger partial charge on any atom is -0.495 e. The summed E-state index contributed by atoms with van der Waals surface area (Å²) < 4.78 is 5.36. The number of amides is 1. The Bertz CT molecular complexity index is 799. The third-order valence-corrected chi connectivity index (χ3v) is 4.82. The highest BCUT2D eigenvalue weighted by Gasteiger charge is 2.49. The molecule has 124 valence electrons. The van der Waals surface area contributed by atoms with Crippen molar-refractivity contribution in [3.63, 3.8) is 0 Å². The predicted octanol–water partition coefficient (Wildman–Crippen LogP) is 3.63. The minimum absolute atomic E-state index is 0.108. The SMILES string of the molecule is COc1ccccc1N1CC[C@@](C)(C(=O)c2ccccc2C)C1=O. The lowest BCUT2D eigenvalue weighted by molar-refractivity contribution is -0.122. The van der Waals surface area contributed by atoms with E-state index in [1.807, 2.05) is 49.4 Å². The Morgan fingerprint density at radius 2 is 1.79 bits per heavy atom. The maximum absolute atomic E-state index is 13.1. The number of benzene rings is 2. The molecule has 0 aliphatic carbocycles. The molecule has 1 aliphatic rings. The van der Waals surface area contributed by atoms with Gasteiger partial charge in [-0.3, -0.25) is 9.59 Å². The summed E-state index contributed by atoms with van der Waals surface area (Å²) in [6, 6.07) is 14.8. The molecule has 1 aliphatic heterocycles. The van der Waals surface area contributed by atoms with E-state index in [1.165, 1.54) is 0 Å². The molecule has 1 saturated heterocycles. The fourth-order valence-corrected chi connectivity index (χ4v) is 3.26. The number of anilines is 1. The van der Waals surface area contributed by atoms with E-state index in [-0.39, 0.29) is 11.7 Å². The van der Waals surface area contributed by atoms with Crippen LogP contribution in [0.3, 0.4) is 0 Å². The molecular formula is C20H21NO3. The van der Waals surface area contributed by atoms with E-state index in [0.29, 0.717) is 30.0 Å². The van der Waals surface area contributed by atoms with Gasteiger partial charge in [-0.25, -0.2) is 0 Å². The zero-order valence-electron chi connectivity index (χ0n) is 14.2. The van der Waals surface area contributed by atoms with Crippen molar-refractivity contribution in [3.05, 3.63) is 59.7 Å². The molecule has 2 aromatic rings. The first kappa shape index (κ1) is 16.2. The summed E-state index contributed by atoms with van der Waals surface area (Å²) in [6.07, 6.45) is 0.497. The molecule has 24 heavy (non-hydrogen) atoms. The van der Waals surface area contributed by atoms with Crippen molar-refractivity contribution in [2.75, 3.05) is 18.6 Å². The highest BCUT2D eigenvalue weighted by Crippen LogP contribution is 2.40. The summed E-state index contributed by atoms with van der Waals surface area (Å²) in [5, 5.41) is 0. The highest BCUT2D eigenvalue weighted by atomic mass is 16.5. The summed E-state index contributed by atoms with van der Waals surface area (Å²) in [5.74, 6) is 0.363. The average Bonchev–Trinajstić information content (AvgIpc) is 2.91. The minimum atomic E-state index is -1.03. The molecule has 0 aromatic heterocycles. The molecule has 1 atom stereocenters. The van der Waals surface area contributed by atoms with E-state index < -0.39 is 5.41 Å². The van der Waals surface area contributed by atoms with Crippen LogP contribution >= 0.6 is 0 Å². The number of rotatable bonds is 4. The van der Waals surface area contributed by atoms with Crippen LogP contribution in [0.5, 0.6) is 5.75 Å². The van der Waals surface area contributed by atoms with Crippen molar-refractivity contribution < 1.29 is 14.3 Å². The zero-order valence-corrected chi connectivity index (χ0v) is 14.2. The van der Waals surface area contributed by atoms with Gasteiger partial charge >= 0.3 is 0 Å². The molecule has 2 aromatic carbocycles. The van der Waals surface area contributed by atoms with Crippen molar-refractivity contribution in [2.24, 2.45) is 5.41 Å². The number of nitrogens with zero attached hydrogens (tertiary/aromatic N) is 1. The number of hydrogen-bond donors (Lipinski definition) is 0. The van der Waals surface area contributed by atoms with Crippen molar-refractivity contribution in [3.8, 4) is 5.75 Å². The fourth-order valence-electron chi connectivity index (χ4n) is 3.26. The predicted molar refractivity (Wildman–Crippen MR) is 93.6 cm³/mol. The normalized spacial score (nSPS) is 20.3. The molecule has 0 bridgehead atoms. The standard InChI is InChI=1S/C20H21NO3/c1-14-8-4-5-9-15(14)18(22)20(2)12-13-21(19(20)23)16-10-6-7-11-17(16)24-3/h4-11H,12-13H2,1-3H3/t20-/m0/s1. The first-order valence-corrected chi connectivity index (χ1v) is 8.04. The molecule has 0 unspecified atom stereocenters. The molecule has 4 heteroatoms. The van der Waals surface area contributed by atoms with Crippen LogP contribution in [0, 0.1) is 12.3 Å². The van der Waals surface area contributed by atoms with Crippen LogP contribution in [0.4, 0.5) is 5.69 Å². The number of para-hydroxylation sites is 2. The largest absolute Gasteiger partial charge is 0.495 e. The first-order valence-electron chi connectivity index (χ1n) is 8.04. The lowest BCUT2D eigenvalue weighted by Crippen LogP contribution is -2.38. The van der Waals surface area contributed by atoms with Gasteiger partial charge in [0.15, 0.2) is 5.78 Å². The Balaban J connectivity index is 1.96. The molecule has 0 N–H and O–H groups in total. The van der Waals surface area contributed by atoms with Crippen LogP contribution in [-0.4, -0.2) is 25.3 Å². The van der Waals surface area contributed by atoms with Gasteiger partial charge in [0.25, 0.3) is 0 Å². The topological polar surface area (TPSA) is 46.6 Å². The molecule has 1 heterocycles. The number of Topliss-reactive ketones (excluding diaryl/α,β-unsaturated/α-hetero) is 1. The Kier molecular flexibility index (Phi) is 4.14. The van der Waals surface area contributed by atoms with Crippen molar-refractivity contribution in [1.82, 2.24) is 0 Å².